The van der Waals surface area contributed by atoms with Gasteiger partial charge >= 0.3 is 0 Å². The molecule has 0 atom stereocenters. The van der Waals surface area contributed by atoms with E-state index in [0.29, 0.717) is 6.54 Å². The Balaban J connectivity index is 1.18. The van der Waals surface area contributed by atoms with Crippen molar-refractivity contribution in [3.8, 4) is 44.2 Å². The first-order valence-electron chi connectivity index (χ1n) is 14.1. The van der Waals surface area contributed by atoms with Gasteiger partial charge < -0.3 is 5.32 Å². The van der Waals surface area contributed by atoms with Gasteiger partial charge in [0.15, 0.2) is 5.82 Å². The van der Waals surface area contributed by atoms with Crippen molar-refractivity contribution in [2.45, 2.75) is 19.3 Å². The molecule has 2 aliphatic rings. The van der Waals surface area contributed by atoms with Crippen LogP contribution in [0.3, 0.4) is 0 Å². The van der Waals surface area contributed by atoms with E-state index in [9.17, 15) is 0 Å². The molecule has 202 valence electrons. The molecule has 4 heterocycles. The van der Waals surface area contributed by atoms with Crippen molar-refractivity contribution in [2.75, 3.05) is 6.54 Å². The van der Waals surface area contributed by atoms with Gasteiger partial charge in [0.25, 0.3) is 0 Å². The first-order valence-corrected chi connectivity index (χ1v) is 14.9. The molecule has 5 nitrogen and oxygen atoms in total. The summed E-state index contributed by atoms with van der Waals surface area (Å²) in [6.07, 6.45) is 7.89. The molecule has 8 rings (SSSR count). The number of benzene rings is 3. The van der Waals surface area contributed by atoms with Crippen molar-refractivity contribution >= 4 is 27.3 Å². The Morgan fingerprint density at radius 1 is 0.738 bits per heavy atom. The van der Waals surface area contributed by atoms with Crippen molar-refractivity contribution in [3.05, 3.63) is 126 Å². The second kappa shape index (κ2) is 9.57. The van der Waals surface area contributed by atoms with Gasteiger partial charge in [-0.15, -0.1) is 0 Å². The van der Waals surface area contributed by atoms with Crippen LogP contribution in [0.4, 0.5) is 0 Å². The smallest absolute Gasteiger partial charge is 0.158 e. The van der Waals surface area contributed by atoms with E-state index in [1.54, 1.807) is 11.3 Å². The largest absolute Gasteiger partial charge is 0.387 e. The molecule has 1 aliphatic carbocycles. The fourth-order valence-corrected chi connectivity index (χ4v) is 7.02. The molecule has 1 aliphatic heterocycles. The maximum absolute atomic E-state index is 5.22. The molecule has 0 saturated heterocycles. The molecule has 1 N–H and O–H groups in total. The number of rotatable bonds is 4. The van der Waals surface area contributed by atoms with Crippen LogP contribution in [0.25, 0.3) is 60.1 Å². The fourth-order valence-electron chi connectivity index (χ4n) is 6.10. The van der Waals surface area contributed by atoms with Gasteiger partial charge in [0.05, 0.1) is 11.4 Å². The Morgan fingerprint density at radius 2 is 1.45 bits per heavy atom. The fraction of sp³-hybridized carbons (Fsp3) is 0.111. The zero-order chi connectivity index (χ0) is 28.3. The predicted molar refractivity (Wildman–Crippen MR) is 172 cm³/mol. The van der Waals surface area contributed by atoms with Crippen LogP contribution in [-0.2, 0) is 5.41 Å². The molecule has 0 unspecified atom stereocenters. The number of dihydropyridines is 1. The van der Waals surface area contributed by atoms with Crippen LogP contribution in [0.15, 0.2) is 109 Å². The van der Waals surface area contributed by atoms with Gasteiger partial charge in [-0.05, 0) is 41.1 Å². The van der Waals surface area contributed by atoms with Crippen LogP contribution in [-0.4, -0.2) is 26.5 Å². The number of fused-ring (bicyclic) bond motifs is 4. The minimum atomic E-state index is -0.205. The zero-order valence-corrected chi connectivity index (χ0v) is 24.1. The van der Waals surface area contributed by atoms with Crippen LogP contribution in [0.5, 0.6) is 0 Å². The van der Waals surface area contributed by atoms with E-state index in [1.807, 2.05) is 30.6 Å². The maximum Gasteiger partial charge on any atom is 0.158 e. The van der Waals surface area contributed by atoms with Crippen LogP contribution in [0.2, 0.25) is 0 Å². The summed E-state index contributed by atoms with van der Waals surface area (Å²) in [6, 6.07) is 30.0. The van der Waals surface area contributed by atoms with Gasteiger partial charge in [0.2, 0.25) is 0 Å². The third-order valence-electron chi connectivity index (χ3n) is 8.27. The molecule has 0 fully saturated rings. The van der Waals surface area contributed by atoms with E-state index in [0.717, 1.165) is 60.4 Å². The summed E-state index contributed by atoms with van der Waals surface area (Å²) in [7, 11) is 0. The number of nitrogens with one attached hydrogen (secondary N) is 1. The average molecular weight is 562 g/mol. The number of hydrogen-bond donors (Lipinski definition) is 1. The lowest BCUT2D eigenvalue weighted by atomic mass is 9.80. The molecule has 0 radical (unpaired) electrons. The van der Waals surface area contributed by atoms with Crippen molar-refractivity contribution < 1.29 is 0 Å². The summed E-state index contributed by atoms with van der Waals surface area (Å²) < 4.78 is 0. The Hall–Kier alpha value is -4.94. The molecular weight excluding hydrogens is 534 g/mol. The molecule has 3 aromatic heterocycles. The number of thiazole rings is 1. The summed E-state index contributed by atoms with van der Waals surface area (Å²) >= 11 is 1.62. The van der Waals surface area contributed by atoms with E-state index >= 15 is 0 Å². The number of aromatic nitrogens is 4. The number of nitrogens with zero attached hydrogens (tertiary/aromatic N) is 4. The van der Waals surface area contributed by atoms with Gasteiger partial charge in [-0.2, -0.15) is 0 Å². The lowest BCUT2D eigenvalue weighted by Gasteiger charge is -2.24. The van der Waals surface area contributed by atoms with Gasteiger partial charge in [0, 0.05) is 46.0 Å². The molecule has 6 aromatic rings. The van der Waals surface area contributed by atoms with E-state index in [1.165, 1.54) is 16.7 Å². The third-order valence-corrected chi connectivity index (χ3v) is 9.30. The SMILES string of the molecule is CC1(C)c2ccccc2-c2nc(C3=CC=CNC3)nc(-c3ccc(-c4ccc(-c5nc6cccnc6s5)cc4)cc3)c21. The molecule has 0 bridgehead atoms. The van der Waals surface area contributed by atoms with E-state index < -0.39 is 0 Å². The van der Waals surface area contributed by atoms with Crippen LogP contribution < -0.4 is 5.32 Å². The highest BCUT2D eigenvalue weighted by atomic mass is 32.1. The average Bonchev–Trinajstić information content (AvgIpc) is 3.58. The van der Waals surface area contributed by atoms with E-state index in [-0.39, 0.29) is 5.41 Å². The van der Waals surface area contributed by atoms with Gasteiger partial charge in [-0.25, -0.2) is 19.9 Å². The number of hydrogen-bond acceptors (Lipinski definition) is 6. The predicted octanol–water partition coefficient (Wildman–Crippen LogP) is 8.29. The molecular formula is C36H27N5S. The molecule has 0 amide bonds. The summed E-state index contributed by atoms with van der Waals surface area (Å²) in [5.74, 6) is 0.776. The van der Waals surface area contributed by atoms with E-state index in [2.05, 4.69) is 103 Å². The molecule has 42 heavy (non-hydrogen) atoms. The second-order valence-electron chi connectivity index (χ2n) is 11.2. The van der Waals surface area contributed by atoms with Gasteiger partial charge in [-0.1, -0.05) is 104 Å². The summed E-state index contributed by atoms with van der Waals surface area (Å²) in [5, 5.41) is 4.29. The van der Waals surface area contributed by atoms with Crippen LogP contribution >= 0.6 is 11.3 Å². The zero-order valence-electron chi connectivity index (χ0n) is 23.3. The monoisotopic (exact) mass is 561 g/mol. The number of pyridine rings is 1. The molecule has 6 heteroatoms. The lowest BCUT2D eigenvalue weighted by Crippen LogP contribution is -2.19. The van der Waals surface area contributed by atoms with Gasteiger partial charge in [-0.3, -0.25) is 0 Å². The van der Waals surface area contributed by atoms with Crippen molar-refractivity contribution in [1.82, 2.24) is 25.3 Å². The first kappa shape index (κ1) is 24.8. The molecule has 3 aromatic carbocycles. The van der Waals surface area contributed by atoms with E-state index in [4.69, 9.17) is 15.0 Å². The quantitative estimate of drug-likeness (QED) is 0.235. The Kier molecular flexibility index (Phi) is 5.66. The van der Waals surface area contributed by atoms with Gasteiger partial charge in [0.1, 0.15) is 15.4 Å². The summed E-state index contributed by atoms with van der Waals surface area (Å²) in [6.45, 7) is 5.28. The van der Waals surface area contributed by atoms with Crippen LogP contribution in [0, 0.1) is 0 Å². The highest BCUT2D eigenvalue weighted by molar-refractivity contribution is 7.21. The minimum absolute atomic E-state index is 0.205. The van der Waals surface area contributed by atoms with Crippen molar-refractivity contribution in [2.24, 2.45) is 0 Å². The second-order valence-corrected chi connectivity index (χ2v) is 12.2. The minimum Gasteiger partial charge on any atom is -0.387 e. The first-order chi connectivity index (χ1) is 20.6. The highest BCUT2D eigenvalue weighted by Gasteiger charge is 2.40. The molecule has 0 spiro atoms. The molecule has 0 saturated carbocycles. The van der Waals surface area contributed by atoms with Crippen molar-refractivity contribution in [3.63, 3.8) is 0 Å². The third kappa shape index (κ3) is 3.98. The van der Waals surface area contributed by atoms with Crippen molar-refractivity contribution in [1.29, 1.82) is 0 Å². The summed E-state index contributed by atoms with van der Waals surface area (Å²) in [4.78, 5) is 20.5. The Morgan fingerprint density at radius 3 is 2.19 bits per heavy atom. The topological polar surface area (TPSA) is 63.6 Å². The summed E-state index contributed by atoms with van der Waals surface area (Å²) in [5.41, 5.74) is 12.1. The maximum atomic E-state index is 5.22. The normalized spacial score (nSPS) is 14.8. The standard InChI is InChI=1S/C36H27N5S/c1-36(2)28-9-4-3-8-27(28)32-30(36)31(40-33(41-32)26-7-5-19-37-21-26)24-15-11-22(12-16-24)23-13-17-25(18-14-23)34-39-29-10-6-20-38-35(29)42-34/h3-20,37H,21H2,1-2H3. The number of allylic oxidation sites excluding steroid dienone is 2. The highest BCUT2D eigenvalue weighted by Crippen LogP contribution is 2.51. The lowest BCUT2D eigenvalue weighted by molar-refractivity contribution is 0.657. The van der Waals surface area contributed by atoms with Crippen LogP contribution in [0.1, 0.15) is 30.8 Å². The Bertz CT molecular complexity index is 2020. The Labute approximate surface area is 248 Å².